The van der Waals surface area contributed by atoms with Crippen molar-refractivity contribution in [3.05, 3.63) is 18.2 Å². The highest BCUT2D eigenvalue weighted by Crippen LogP contribution is 1.82. The molecular formula is C4H5N2O-. The Morgan fingerprint density at radius 3 is 2.71 bits per heavy atom. The summed E-state index contributed by atoms with van der Waals surface area (Å²) in [4.78, 5) is 9.92. The topological polar surface area (TPSA) is 51.7 Å². The van der Waals surface area contributed by atoms with Crippen LogP contribution in [0.3, 0.4) is 0 Å². The van der Waals surface area contributed by atoms with Crippen LogP contribution >= 0.6 is 0 Å². The maximum absolute atomic E-state index is 9.92. The third-order valence-corrected chi connectivity index (χ3v) is 0.430. The molecule has 0 saturated carbocycles. The number of carbonyl (C=O) groups is 1. The van der Waals surface area contributed by atoms with Gasteiger partial charge >= 0.3 is 0 Å². The fraction of sp³-hybridized carbons (Fsp3) is 0.250. The number of carbonyl (C=O) groups excluding carboxylic acids is 1. The van der Waals surface area contributed by atoms with Gasteiger partial charge in [-0.05, 0) is 0 Å². The highest BCUT2D eigenvalue weighted by molar-refractivity contribution is 5.77. The Hall–Kier alpha value is -0.990. The van der Waals surface area contributed by atoms with Crippen LogP contribution in [0.25, 0.3) is 5.53 Å². The van der Waals surface area contributed by atoms with E-state index in [0.29, 0.717) is 0 Å². The molecular weight excluding hydrogens is 92.1 g/mol. The largest absolute Gasteiger partial charge is 0.704 e. The second-order valence-corrected chi connectivity index (χ2v) is 0.987. The summed E-state index contributed by atoms with van der Waals surface area (Å²) in [6, 6.07) is 0. The van der Waals surface area contributed by atoms with Crippen LogP contribution in [-0.2, 0) is 4.79 Å². The van der Waals surface area contributed by atoms with Crippen LogP contribution in [0.2, 0.25) is 0 Å². The Kier molecular flexibility index (Phi) is 2.76. The number of amides is 1. The minimum absolute atomic E-state index is 0.108. The lowest BCUT2D eigenvalue weighted by atomic mass is 10.4. The zero-order chi connectivity index (χ0) is 5.70. The van der Waals surface area contributed by atoms with Gasteiger partial charge in [-0.1, -0.05) is 6.08 Å². The molecule has 0 atom stereocenters. The van der Waals surface area contributed by atoms with Crippen LogP contribution in [0.1, 0.15) is 6.42 Å². The summed E-state index contributed by atoms with van der Waals surface area (Å²) in [6.45, 7) is 3.26. The van der Waals surface area contributed by atoms with Crippen LogP contribution in [-0.4, -0.2) is 5.91 Å². The molecule has 1 amide bonds. The zero-order valence-electron chi connectivity index (χ0n) is 3.79. The van der Waals surface area contributed by atoms with Crippen LogP contribution in [0, 0.1) is 0 Å². The molecule has 0 aromatic heterocycles. The van der Waals surface area contributed by atoms with Gasteiger partial charge in [0.2, 0.25) is 5.91 Å². The van der Waals surface area contributed by atoms with Gasteiger partial charge in [0.25, 0.3) is 0 Å². The fourth-order valence-electron chi connectivity index (χ4n) is 0.164. The smallest absolute Gasteiger partial charge is 0.229 e. The summed E-state index contributed by atoms with van der Waals surface area (Å²) in [7, 11) is 0. The van der Waals surface area contributed by atoms with Crippen LogP contribution in [0.15, 0.2) is 17.8 Å². The minimum atomic E-state index is -0.560. The molecule has 3 heteroatoms. The third-order valence-electron chi connectivity index (χ3n) is 0.430. The molecule has 0 heterocycles. The van der Waals surface area contributed by atoms with Crippen molar-refractivity contribution in [2.75, 3.05) is 0 Å². The van der Waals surface area contributed by atoms with Crippen molar-refractivity contribution in [1.82, 2.24) is 0 Å². The van der Waals surface area contributed by atoms with Crippen molar-refractivity contribution < 1.29 is 4.79 Å². The quantitative estimate of drug-likeness (QED) is 0.376. The monoisotopic (exact) mass is 97.0 g/mol. The molecule has 0 unspecified atom stereocenters. The van der Waals surface area contributed by atoms with E-state index >= 15 is 0 Å². The van der Waals surface area contributed by atoms with Gasteiger partial charge in [-0.2, -0.15) is 0 Å². The minimum Gasteiger partial charge on any atom is -0.704 e. The Morgan fingerprint density at radius 2 is 2.57 bits per heavy atom. The van der Waals surface area contributed by atoms with E-state index in [4.69, 9.17) is 5.53 Å². The van der Waals surface area contributed by atoms with Crippen molar-refractivity contribution in [2.24, 2.45) is 5.11 Å². The van der Waals surface area contributed by atoms with Crippen molar-refractivity contribution in [3.8, 4) is 0 Å². The first-order valence-electron chi connectivity index (χ1n) is 1.80. The summed E-state index contributed by atoms with van der Waals surface area (Å²) < 4.78 is 0. The van der Waals surface area contributed by atoms with Gasteiger partial charge in [0.05, 0.1) is 0 Å². The van der Waals surface area contributed by atoms with Gasteiger partial charge in [0.1, 0.15) is 0 Å². The molecule has 0 aliphatic heterocycles. The van der Waals surface area contributed by atoms with E-state index in [-0.39, 0.29) is 6.42 Å². The lowest BCUT2D eigenvalue weighted by Crippen LogP contribution is -1.84. The Balaban J connectivity index is 3.36. The molecule has 0 N–H and O–H groups in total. The SMILES string of the molecule is C=CCC(=O)N=[N-]. The Labute approximate surface area is 41.5 Å². The van der Waals surface area contributed by atoms with Crippen molar-refractivity contribution in [2.45, 2.75) is 6.42 Å². The number of hydrogen-bond donors (Lipinski definition) is 0. The van der Waals surface area contributed by atoms with Gasteiger partial charge in [-0.25, -0.2) is 0 Å². The number of rotatable bonds is 2. The number of nitrogens with zero attached hydrogens (tertiary/aromatic N) is 2. The molecule has 0 aliphatic rings. The number of hydrogen-bond acceptors (Lipinski definition) is 1. The van der Waals surface area contributed by atoms with E-state index in [2.05, 4.69) is 11.7 Å². The predicted molar refractivity (Wildman–Crippen MR) is 25.6 cm³/mol. The molecule has 0 rings (SSSR count). The molecule has 38 valence electrons. The molecule has 7 heavy (non-hydrogen) atoms. The molecule has 0 aromatic carbocycles. The average molecular weight is 97.1 g/mol. The Bertz CT molecular complexity index is 97.9. The van der Waals surface area contributed by atoms with Gasteiger partial charge in [0.15, 0.2) is 0 Å². The first-order valence-corrected chi connectivity index (χ1v) is 1.80. The summed E-state index contributed by atoms with van der Waals surface area (Å²) in [5.74, 6) is -0.560. The summed E-state index contributed by atoms with van der Waals surface area (Å²) >= 11 is 0. The van der Waals surface area contributed by atoms with E-state index in [1.807, 2.05) is 0 Å². The molecule has 0 fully saturated rings. The van der Waals surface area contributed by atoms with Gasteiger partial charge in [0, 0.05) is 6.42 Å². The maximum atomic E-state index is 9.92. The second kappa shape index (κ2) is 3.21. The predicted octanol–water partition coefficient (Wildman–Crippen LogP) is 1.11. The summed E-state index contributed by atoms with van der Waals surface area (Å²) in [5, 5.41) is 2.37. The van der Waals surface area contributed by atoms with Crippen LogP contribution < -0.4 is 0 Å². The summed E-state index contributed by atoms with van der Waals surface area (Å²) in [6.07, 6.45) is 1.48. The van der Waals surface area contributed by atoms with E-state index in [0.717, 1.165) is 0 Å². The van der Waals surface area contributed by atoms with E-state index < -0.39 is 5.91 Å². The molecule has 0 bridgehead atoms. The molecule has 0 aliphatic carbocycles. The molecule has 0 spiro atoms. The van der Waals surface area contributed by atoms with E-state index in [1.54, 1.807) is 0 Å². The first kappa shape index (κ1) is 6.01. The fourth-order valence-corrected chi connectivity index (χ4v) is 0.164. The Morgan fingerprint density at radius 1 is 2.00 bits per heavy atom. The van der Waals surface area contributed by atoms with Gasteiger partial charge in [-0.3, -0.25) is 4.79 Å². The highest BCUT2D eigenvalue weighted by atomic mass is 16.1. The molecule has 3 nitrogen and oxygen atoms in total. The van der Waals surface area contributed by atoms with Crippen molar-refractivity contribution in [3.63, 3.8) is 0 Å². The molecule has 0 radical (unpaired) electrons. The zero-order valence-corrected chi connectivity index (χ0v) is 3.79. The van der Waals surface area contributed by atoms with E-state index in [1.165, 1.54) is 6.08 Å². The highest BCUT2D eigenvalue weighted by Gasteiger charge is 1.83. The van der Waals surface area contributed by atoms with Gasteiger partial charge in [-0.15, -0.1) is 6.58 Å². The van der Waals surface area contributed by atoms with Crippen molar-refractivity contribution >= 4 is 5.91 Å². The van der Waals surface area contributed by atoms with Crippen LogP contribution in [0.4, 0.5) is 0 Å². The third kappa shape index (κ3) is 2.82. The van der Waals surface area contributed by atoms with Gasteiger partial charge < -0.3 is 10.6 Å². The average Bonchev–Trinajstić information content (AvgIpc) is 1.68. The normalized spacial score (nSPS) is 7.43. The lowest BCUT2D eigenvalue weighted by molar-refractivity contribution is -0.117. The standard InChI is InChI=1S/C4H5N2O/c1-2-3-4(7)6-5/h2H,1,3H2/q-1. The maximum Gasteiger partial charge on any atom is 0.229 e. The second-order valence-electron chi connectivity index (χ2n) is 0.987. The van der Waals surface area contributed by atoms with Crippen molar-refractivity contribution in [1.29, 1.82) is 0 Å². The first-order chi connectivity index (χ1) is 3.31. The van der Waals surface area contributed by atoms with E-state index in [9.17, 15) is 4.79 Å². The molecule has 0 aromatic rings. The summed E-state index contributed by atoms with van der Waals surface area (Å²) in [5.41, 5.74) is 7.69. The van der Waals surface area contributed by atoms with Crippen LogP contribution in [0.5, 0.6) is 0 Å². The lowest BCUT2D eigenvalue weighted by Gasteiger charge is -1.85. The molecule has 0 saturated heterocycles.